The Morgan fingerprint density at radius 3 is 2.61 bits per heavy atom. The first-order chi connectivity index (χ1) is 8.47. The van der Waals surface area contributed by atoms with Crippen LogP contribution in [0.15, 0.2) is 16.3 Å². The molecule has 0 bridgehead atoms. The first-order valence-electron chi connectivity index (χ1n) is 6.09. The normalized spacial score (nSPS) is 16.9. The van der Waals surface area contributed by atoms with Gasteiger partial charge in [-0.3, -0.25) is 4.79 Å². The number of thiophene rings is 1. The molecule has 1 heterocycles. The average molecular weight is 287 g/mol. The molecule has 1 N–H and O–H groups in total. The fourth-order valence-electron chi connectivity index (χ4n) is 2.28. The highest BCUT2D eigenvalue weighted by molar-refractivity contribution is 7.92. The summed E-state index contributed by atoms with van der Waals surface area (Å²) in [7, 11) is -3.66. The number of sulfonamides is 1. The molecular formula is C12H17NO3S2. The third-order valence-corrected chi connectivity index (χ3v) is 6.04. The van der Waals surface area contributed by atoms with Crippen LogP contribution in [-0.2, 0) is 14.8 Å². The number of amides is 1. The van der Waals surface area contributed by atoms with E-state index in [1.54, 1.807) is 6.07 Å². The highest BCUT2D eigenvalue weighted by atomic mass is 32.2. The van der Waals surface area contributed by atoms with E-state index in [2.05, 4.69) is 4.72 Å². The zero-order chi connectivity index (χ0) is 13.2. The van der Waals surface area contributed by atoms with Crippen LogP contribution in [0.4, 0.5) is 0 Å². The van der Waals surface area contributed by atoms with E-state index in [-0.39, 0.29) is 10.1 Å². The van der Waals surface area contributed by atoms with E-state index in [1.807, 2.05) is 6.92 Å². The Labute approximate surface area is 111 Å². The van der Waals surface area contributed by atoms with E-state index < -0.39 is 10.0 Å². The second-order valence-corrected chi connectivity index (χ2v) is 7.95. The van der Waals surface area contributed by atoms with E-state index in [9.17, 15) is 13.2 Å². The Kier molecular flexibility index (Phi) is 4.07. The van der Waals surface area contributed by atoms with Crippen molar-refractivity contribution < 1.29 is 13.2 Å². The third kappa shape index (κ3) is 3.32. The number of carbonyl (C=O) groups is 1. The molecule has 0 aromatic carbocycles. The molecule has 0 radical (unpaired) electrons. The molecular weight excluding hydrogens is 270 g/mol. The second-order valence-electron chi connectivity index (χ2n) is 4.75. The number of aryl methyl sites for hydroxylation is 1. The summed E-state index contributed by atoms with van der Waals surface area (Å²) in [5.41, 5.74) is 0. The van der Waals surface area contributed by atoms with E-state index in [4.69, 9.17) is 0 Å². The van der Waals surface area contributed by atoms with Gasteiger partial charge in [0.2, 0.25) is 5.91 Å². The van der Waals surface area contributed by atoms with Crippen LogP contribution in [0.5, 0.6) is 0 Å². The first kappa shape index (κ1) is 13.5. The molecule has 0 spiro atoms. The maximum atomic E-state index is 11.9. The van der Waals surface area contributed by atoms with Crippen molar-refractivity contribution in [3.05, 3.63) is 17.0 Å². The molecule has 100 valence electrons. The number of rotatable bonds is 4. The zero-order valence-corrected chi connectivity index (χ0v) is 11.9. The van der Waals surface area contributed by atoms with Gasteiger partial charge in [-0.2, -0.15) is 0 Å². The van der Waals surface area contributed by atoms with E-state index in [1.165, 1.54) is 17.4 Å². The predicted molar refractivity (Wildman–Crippen MR) is 71.0 cm³/mol. The van der Waals surface area contributed by atoms with Gasteiger partial charge >= 0.3 is 0 Å². The van der Waals surface area contributed by atoms with Crippen LogP contribution in [0.25, 0.3) is 0 Å². The molecule has 1 aromatic rings. The van der Waals surface area contributed by atoms with Crippen LogP contribution in [0.2, 0.25) is 0 Å². The summed E-state index contributed by atoms with van der Waals surface area (Å²) < 4.78 is 26.2. The fraction of sp³-hybridized carbons (Fsp3) is 0.583. The summed E-state index contributed by atoms with van der Waals surface area (Å²) in [5, 5.41) is 0. The molecule has 18 heavy (non-hydrogen) atoms. The molecule has 1 amide bonds. The number of nitrogens with one attached hydrogen (secondary N) is 1. The summed E-state index contributed by atoms with van der Waals surface area (Å²) >= 11 is 1.18. The number of hydrogen-bond donors (Lipinski definition) is 1. The molecule has 1 saturated carbocycles. The quantitative estimate of drug-likeness (QED) is 0.925. The standard InChI is InChI=1S/C12H17NO3S2/c1-9-6-7-12(17-9)18(15,16)13-11(14)8-10-4-2-3-5-10/h6-7,10H,2-5,8H2,1H3,(H,13,14). The summed E-state index contributed by atoms with van der Waals surface area (Å²) in [5.74, 6) is -0.0294. The van der Waals surface area contributed by atoms with E-state index in [0.717, 1.165) is 30.6 Å². The minimum absolute atomic E-state index is 0.208. The SMILES string of the molecule is Cc1ccc(S(=O)(=O)NC(=O)CC2CCCC2)s1. The molecule has 2 rings (SSSR count). The third-order valence-electron chi connectivity index (χ3n) is 3.18. The number of hydrogen-bond acceptors (Lipinski definition) is 4. The highest BCUT2D eigenvalue weighted by Gasteiger charge is 2.23. The Morgan fingerprint density at radius 1 is 1.39 bits per heavy atom. The highest BCUT2D eigenvalue weighted by Crippen LogP contribution is 2.27. The van der Waals surface area contributed by atoms with Gasteiger partial charge in [0, 0.05) is 11.3 Å². The average Bonchev–Trinajstić information content (AvgIpc) is 2.88. The van der Waals surface area contributed by atoms with Gasteiger partial charge in [-0.1, -0.05) is 12.8 Å². The lowest BCUT2D eigenvalue weighted by Gasteiger charge is -2.09. The minimum atomic E-state index is -3.66. The summed E-state index contributed by atoms with van der Waals surface area (Å²) in [6.07, 6.45) is 4.68. The summed E-state index contributed by atoms with van der Waals surface area (Å²) in [6, 6.07) is 3.27. The van der Waals surface area contributed by atoms with Gasteiger partial charge in [0.15, 0.2) is 0 Å². The van der Waals surface area contributed by atoms with Crippen LogP contribution in [-0.4, -0.2) is 14.3 Å². The van der Waals surface area contributed by atoms with Crippen molar-refractivity contribution >= 4 is 27.3 Å². The Hall–Kier alpha value is -0.880. The van der Waals surface area contributed by atoms with Crippen LogP contribution in [0.3, 0.4) is 0 Å². The largest absolute Gasteiger partial charge is 0.274 e. The Bertz CT molecular complexity index is 527. The zero-order valence-electron chi connectivity index (χ0n) is 10.3. The molecule has 4 nitrogen and oxygen atoms in total. The second kappa shape index (κ2) is 5.40. The van der Waals surface area contributed by atoms with Gasteiger partial charge in [-0.15, -0.1) is 11.3 Å². The van der Waals surface area contributed by atoms with Crippen molar-refractivity contribution in [2.45, 2.75) is 43.2 Å². The maximum absolute atomic E-state index is 11.9. The van der Waals surface area contributed by atoms with Gasteiger partial charge in [0.25, 0.3) is 10.0 Å². The molecule has 1 aliphatic carbocycles. The molecule has 0 saturated heterocycles. The van der Waals surface area contributed by atoms with Gasteiger partial charge in [0.1, 0.15) is 4.21 Å². The molecule has 0 atom stereocenters. The van der Waals surface area contributed by atoms with E-state index in [0.29, 0.717) is 12.3 Å². The van der Waals surface area contributed by atoms with Gasteiger partial charge < -0.3 is 0 Å². The monoisotopic (exact) mass is 287 g/mol. The van der Waals surface area contributed by atoms with Crippen molar-refractivity contribution in [3.8, 4) is 0 Å². The van der Waals surface area contributed by atoms with Crippen molar-refractivity contribution in [2.75, 3.05) is 0 Å². The summed E-state index contributed by atoms with van der Waals surface area (Å²) in [4.78, 5) is 12.6. The van der Waals surface area contributed by atoms with Crippen molar-refractivity contribution in [1.29, 1.82) is 0 Å². The lowest BCUT2D eigenvalue weighted by Crippen LogP contribution is -2.31. The Balaban J connectivity index is 1.97. The van der Waals surface area contributed by atoms with Crippen molar-refractivity contribution in [2.24, 2.45) is 5.92 Å². The van der Waals surface area contributed by atoms with Gasteiger partial charge in [-0.25, -0.2) is 13.1 Å². The molecule has 6 heteroatoms. The fourth-order valence-corrected chi connectivity index (χ4v) is 4.55. The lowest BCUT2D eigenvalue weighted by atomic mass is 10.0. The minimum Gasteiger partial charge on any atom is -0.274 e. The lowest BCUT2D eigenvalue weighted by molar-refractivity contribution is -0.120. The summed E-state index contributed by atoms with van der Waals surface area (Å²) in [6.45, 7) is 1.84. The smallest absolute Gasteiger partial charge is 0.273 e. The van der Waals surface area contributed by atoms with Crippen LogP contribution < -0.4 is 4.72 Å². The molecule has 1 aliphatic rings. The van der Waals surface area contributed by atoms with Crippen LogP contribution >= 0.6 is 11.3 Å². The molecule has 1 aromatic heterocycles. The topological polar surface area (TPSA) is 63.2 Å². The van der Waals surface area contributed by atoms with Gasteiger partial charge in [-0.05, 0) is 37.8 Å². The maximum Gasteiger partial charge on any atom is 0.273 e. The van der Waals surface area contributed by atoms with Crippen molar-refractivity contribution in [1.82, 2.24) is 4.72 Å². The molecule has 0 aliphatic heterocycles. The predicted octanol–water partition coefficient (Wildman–Crippen LogP) is 2.44. The molecule has 0 unspecified atom stereocenters. The van der Waals surface area contributed by atoms with Crippen molar-refractivity contribution in [3.63, 3.8) is 0 Å². The first-order valence-corrected chi connectivity index (χ1v) is 8.39. The Morgan fingerprint density at radius 2 is 2.06 bits per heavy atom. The van der Waals surface area contributed by atoms with E-state index >= 15 is 0 Å². The number of carbonyl (C=O) groups excluding carboxylic acids is 1. The molecule has 1 fully saturated rings. The van der Waals surface area contributed by atoms with Gasteiger partial charge in [0.05, 0.1) is 0 Å². The van der Waals surface area contributed by atoms with Crippen LogP contribution in [0, 0.1) is 12.8 Å². The van der Waals surface area contributed by atoms with Crippen LogP contribution in [0.1, 0.15) is 37.0 Å².